The third-order valence-electron chi connectivity index (χ3n) is 2.63. The Kier molecular flexibility index (Phi) is 3.70. The van der Waals surface area contributed by atoms with Crippen LogP contribution in [0.5, 0.6) is 0 Å². The Labute approximate surface area is 111 Å². The van der Waals surface area contributed by atoms with Crippen LogP contribution in [0, 0.1) is 6.92 Å². The number of aryl methyl sites for hydroxylation is 1. The van der Waals surface area contributed by atoms with Crippen molar-refractivity contribution in [2.45, 2.75) is 13.5 Å². The number of nitrogens with two attached hydrogens (primary N) is 2. The highest BCUT2D eigenvalue weighted by atomic mass is 16.1. The van der Waals surface area contributed by atoms with Crippen molar-refractivity contribution >= 4 is 17.3 Å². The van der Waals surface area contributed by atoms with Crippen LogP contribution >= 0.6 is 0 Å². The fraction of sp³-hybridized carbons (Fsp3) is 0.231. The first-order chi connectivity index (χ1) is 9.04. The lowest BCUT2D eigenvalue weighted by molar-refractivity contribution is 0.0952. The van der Waals surface area contributed by atoms with Crippen LogP contribution in [0.1, 0.15) is 15.9 Å². The lowest BCUT2D eigenvalue weighted by Crippen LogP contribution is -2.27. The van der Waals surface area contributed by atoms with Crippen LogP contribution in [-0.4, -0.2) is 22.2 Å². The summed E-state index contributed by atoms with van der Waals surface area (Å²) in [6, 6.07) is 4.82. The van der Waals surface area contributed by atoms with Gasteiger partial charge in [0.2, 0.25) is 0 Å². The molecule has 1 aromatic carbocycles. The van der Waals surface area contributed by atoms with Crippen LogP contribution < -0.4 is 16.8 Å². The van der Waals surface area contributed by atoms with E-state index in [2.05, 4.69) is 10.4 Å². The molecule has 0 saturated heterocycles. The monoisotopic (exact) mass is 259 g/mol. The summed E-state index contributed by atoms with van der Waals surface area (Å²) in [6.45, 7) is 3.09. The Morgan fingerprint density at radius 3 is 2.58 bits per heavy atom. The van der Waals surface area contributed by atoms with Gasteiger partial charge in [-0.3, -0.25) is 9.48 Å². The van der Waals surface area contributed by atoms with Crippen molar-refractivity contribution in [2.75, 3.05) is 18.0 Å². The van der Waals surface area contributed by atoms with E-state index in [4.69, 9.17) is 11.5 Å². The number of hydrogen-bond donors (Lipinski definition) is 3. The van der Waals surface area contributed by atoms with Gasteiger partial charge in [0.15, 0.2) is 0 Å². The van der Waals surface area contributed by atoms with E-state index < -0.39 is 0 Å². The molecule has 0 fully saturated rings. The minimum atomic E-state index is -0.192. The van der Waals surface area contributed by atoms with Crippen LogP contribution in [0.2, 0.25) is 0 Å². The maximum Gasteiger partial charge on any atom is 0.251 e. The highest BCUT2D eigenvalue weighted by Gasteiger charge is 2.06. The van der Waals surface area contributed by atoms with Gasteiger partial charge in [-0.25, -0.2) is 0 Å². The van der Waals surface area contributed by atoms with Crippen molar-refractivity contribution in [2.24, 2.45) is 0 Å². The first-order valence-electron chi connectivity index (χ1n) is 5.98. The number of carbonyl (C=O) groups excluding carboxylic acids is 1. The van der Waals surface area contributed by atoms with Gasteiger partial charge in [-0.05, 0) is 30.7 Å². The van der Waals surface area contributed by atoms with Crippen molar-refractivity contribution in [3.8, 4) is 0 Å². The summed E-state index contributed by atoms with van der Waals surface area (Å²) >= 11 is 0. The van der Waals surface area contributed by atoms with Crippen LogP contribution in [0.15, 0.2) is 30.6 Å². The van der Waals surface area contributed by atoms with Gasteiger partial charge in [-0.15, -0.1) is 0 Å². The molecule has 0 atom stereocenters. The largest absolute Gasteiger partial charge is 0.399 e. The molecule has 0 aliphatic rings. The van der Waals surface area contributed by atoms with E-state index >= 15 is 0 Å². The second-order valence-electron chi connectivity index (χ2n) is 4.43. The lowest BCUT2D eigenvalue weighted by atomic mass is 10.1. The summed E-state index contributed by atoms with van der Waals surface area (Å²) in [5.74, 6) is -0.192. The molecule has 6 heteroatoms. The molecule has 0 radical (unpaired) electrons. The van der Waals surface area contributed by atoms with Crippen molar-refractivity contribution in [1.82, 2.24) is 15.1 Å². The van der Waals surface area contributed by atoms with Crippen LogP contribution in [0.4, 0.5) is 11.4 Å². The van der Waals surface area contributed by atoms with Gasteiger partial charge in [0, 0.05) is 29.7 Å². The number of nitrogens with one attached hydrogen (secondary N) is 1. The van der Waals surface area contributed by atoms with Gasteiger partial charge in [0.25, 0.3) is 5.91 Å². The Bertz CT molecular complexity index is 570. The molecule has 1 amide bonds. The summed E-state index contributed by atoms with van der Waals surface area (Å²) in [7, 11) is 0. The molecule has 2 rings (SSSR count). The SMILES string of the molecule is Cc1cnn(CCNC(=O)c2cc(N)cc(N)c2)c1. The fourth-order valence-electron chi connectivity index (χ4n) is 1.78. The lowest BCUT2D eigenvalue weighted by Gasteiger charge is -2.07. The number of anilines is 2. The van der Waals surface area contributed by atoms with Gasteiger partial charge in [-0.2, -0.15) is 5.10 Å². The van der Waals surface area contributed by atoms with Crippen LogP contribution in [0.25, 0.3) is 0 Å². The number of aromatic nitrogens is 2. The number of nitrogen functional groups attached to an aromatic ring is 2. The number of nitrogens with zero attached hydrogens (tertiary/aromatic N) is 2. The number of amides is 1. The first-order valence-corrected chi connectivity index (χ1v) is 5.98. The average Bonchev–Trinajstić information content (AvgIpc) is 2.73. The maximum atomic E-state index is 11.9. The Morgan fingerprint density at radius 1 is 1.32 bits per heavy atom. The molecular weight excluding hydrogens is 242 g/mol. The molecule has 0 spiro atoms. The van der Waals surface area contributed by atoms with E-state index in [0.717, 1.165) is 5.56 Å². The zero-order chi connectivity index (χ0) is 13.8. The van der Waals surface area contributed by atoms with Crippen molar-refractivity contribution in [1.29, 1.82) is 0 Å². The molecule has 19 heavy (non-hydrogen) atoms. The van der Waals surface area contributed by atoms with E-state index in [0.29, 0.717) is 30.0 Å². The quantitative estimate of drug-likeness (QED) is 0.707. The van der Waals surface area contributed by atoms with Crippen molar-refractivity contribution in [3.63, 3.8) is 0 Å². The minimum Gasteiger partial charge on any atom is -0.399 e. The molecule has 0 unspecified atom stereocenters. The van der Waals surface area contributed by atoms with Gasteiger partial charge in [-0.1, -0.05) is 0 Å². The third-order valence-corrected chi connectivity index (χ3v) is 2.63. The molecule has 1 heterocycles. The standard InChI is InChI=1S/C13H17N5O/c1-9-7-17-18(8-9)3-2-16-13(19)10-4-11(14)6-12(15)5-10/h4-8H,2-3,14-15H2,1H3,(H,16,19). The van der Waals surface area contributed by atoms with Crippen LogP contribution in [-0.2, 0) is 6.54 Å². The second-order valence-corrected chi connectivity index (χ2v) is 4.43. The second kappa shape index (κ2) is 5.43. The summed E-state index contributed by atoms with van der Waals surface area (Å²) < 4.78 is 1.78. The molecule has 2 aromatic rings. The Morgan fingerprint density at radius 2 is 2.00 bits per heavy atom. The van der Waals surface area contributed by atoms with Gasteiger partial charge in [0.1, 0.15) is 0 Å². The van der Waals surface area contributed by atoms with E-state index in [9.17, 15) is 4.79 Å². The highest BCUT2D eigenvalue weighted by molar-refractivity contribution is 5.96. The van der Waals surface area contributed by atoms with E-state index in [1.807, 2.05) is 13.1 Å². The molecular formula is C13H17N5O. The molecule has 1 aromatic heterocycles. The predicted octanol–water partition coefficient (Wildman–Crippen LogP) is 0.786. The summed E-state index contributed by atoms with van der Waals surface area (Å²) in [5.41, 5.74) is 13.8. The van der Waals surface area contributed by atoms with Gasteiger partial charge < -0.3 is 16.8 Å². The van der Waals surface area contributed by atoms with Crippen molar-refractivity contribution in [3.05, 3.63) is 41.7 Å². The number of carbonyl (C=O) groups is 1. The number of benzene rings is 1. The molecule has 5 N–H and O–H groups in total. The van der Waals surface area contributed by atoms with E-state index in [1.54, 1.807) is 29.1 Å². The van der Waals surface area contributed by atoms with E-state index in [-0.39, 0.29) is 5.91 Å². The van der Waals surface area contributed by atoms with Crippen LogP contribution in [0.3, 0.4) is 0 Å². The Hall–Kier alpha value is -2.50. The zero-order valence-electron chi connectivity index (χ0n) is 10.8. The Balaban J connectivity index is 1.90. The maximum absolute atomic E-state index is 11.9. The molecule has 0 aliphatic carbocycles. The average molecular weight is 259 g/mol. The number of hydrogen-bond acceptors (Lipinski definition) is 4. The molecule has 100 valence electrons. The minimum absolute atomic E-state index is 0.192. The van der Waals surface area contributed by atoms with Crippen molar-refractivity contribution < 1.29 is 4.79 Å². The van der Waals surface area contributed by atoms with E-state index in [1.165, 1.54) is 0 Å². The molecule has 0 bridgehead atoms. The zero-order valence-corrected chi connectivity index (χ0v) is 10.8. The van der Waals surface area contributed by atoms with Gasteiger partial charge >= 0.3 is 0 Å². The first kappa shape index (κ1) is 12.9. The normalized spacial score (nSPS) is 10.4. The summed E-state index contributed by atoms with van der Waals surface area (Å²) in [6.07, 6.45) is 3.70. The summed E-state index contributed by atoms with van der Waals surface area (Å²) in [5, 5.41) is 6.94. The molecule has 6 nitrogen and oxygen atoms in total. The molecule has 0 saturated carbocycles. The summed E-state index contributed by atoms with van der Waals surface area (Å²) in [4.78, 5) is 11.9. The predicted molar refractivity (Wildman–Crippen MR) is 74.6 cm³/mol. The molecule has 0 aliphatic heterocycles. The number of rotatable bonds is 4. The highest BCUT2D eigenvalue weighted by Crippen LogP contribution is 2.13. The van der Waals surface area contributed by atoms with Gasteiger partial charge in [0.05, 0.1) is 12.7 Å². The smallest absolute Gasteiger partial charge is 0.251 e. The fourth-order valence-corrected chi connectivity index (χ4v) is 1.78. The topological polar surface area (TPSA) is 99.0 Å². The third kappa shape index (κ3) is 3.48.